The molecule has 2 atom stereocenters. The number of para-hydroxylation sites is 1. The van der Waals surface area contributed by atoms with Gasteiger partial charge in [-0.2, -0.15) is 0 Å². The van der Waals surface area contributed by atoms with Crippen LogP contribution in [-0.2, 0) is 4.79 Å². The molecule has 4 nitrogen and oxygen atoms in total. The van der Waals surface area contributed by atoms with E-state index in [9.17, 15) is 4.79 Å². The number of nitrogens with zero attached hydrogens (tertiary/aromatic N) is 2. The highest BCUT2D eigenvalue weighted by molar-refractivity contribution is 5.83. The standard InChI is InChI=1S/C18H20N2O2/c21-18(16-13-15(16)17-7-4-12-22-17)20-10-8-19(9-11-20)14-5-2-1-3-6-14/h1-7,12,15-16H,8-11,13H2/t15-,16+/m0/s1. The molecule has 1 aromatic carbocycles. The summed E-state index contributed by atoms with van der Waals surface area (Å²) in [4.78, 5) is 16.9. The summed E-state index contributed by atoms with van der Waals surface area (Å²) in [5.41, 5.74) is 1.24. The maximum absolute atomic E-state index is 12.6. The summed E-state index contributed by atoms with van der Waals surface area (Å²) < 4.78 is 5.42. The fourth-order valence-electron chi connectivity index (χ4n) is 3.34. The van der Waals surface area contributed by atoms with E-state index in [1.54, 1.807) is 6.26 Å². The third-order valence-corrected chi connectivity index (χ3v) is 4.73. The molecule has 0 unspecified atom stereocenters. The van der Waals surface area contributed by atoms with Crippen molar-refractivity contribution < 1.29 is 9.21 Å². The minimum Gasteiger partial charge on any atom is -0.469 e. The van der Waals surface area contributed by atoms with Gasteiger partial charge >= 0.3 is 0 Å². The molecule has 1 aliphatic carbocycles. The summed E-state index contributed by atoms with van der Waals surface area (Å²) in [6.07, 6.45) is 2.62. The lowest BCUT2D eigenvalue weighted by atomic mass is 10.2. The second kappa shape index (κ2) is 5.52. The van der Waals surface area contributed by atoms with Gasteiger partial charge in [0.15, 0.2) is 0 Å². The van der Waals surface area contributed by atoms with Crippen LogP contribution in [0.5, 0.6) is 0 Å². The molecule has 4 heteroatoms. The Kier molecular flexibility index (Phi) is 3.37. The molecular formula is C18H20N2O2. The van der Waals surface area contributed by atoms with E-state index >= 15 is 0 Å². The third-order valence-electron chi connectivity index (χ3n) is 4.73. The van der Waals surface area contributed by atoms with Crippen molar-refractivity contribution in [2.45, 2.75) is 12.3 Å². The van der Waals surface area contributed by atoms with Gasteiger partial charge in [0, 0.05) is 43.7 Å². The van der Waals surface area contributed by atoms with E-state index in [1.807, 2.05) is 23.1 Å². The van der Waals surface area contributed by atoms with Crippen molar-refractivity contribution in [2.24, 2.45) is 5.92 Å². The smallest absolute Gasteiger partial charge is 0.226 e. The molecule has 2 fully saturated rings. The Morgan fingerprint density at radius 2 is 1.77 bits per heavy atom. The van der Waals surface area contributed by atoms with Crippen molar-refractivity contribution in [3.63, 3.8) is 0 Å². The van der Waals surface area contributed by atoms with Gasteiger partial charge in [0.25, 0.3) is 0 Å². The highest BCUT2D eigenvalue weighted by Crippen LogP contribution is 2.48. The molecule has 22 heavy (non-hydrogen) atoms. The fourth-order valence-corrected chi connectivity index (χ4v) is 3.34. The maximum atomic E-state index is 12.6. The molecule has 4 rings (SSSR count). The molecule has 2 aromatic rings. The molecule has 0 spiro atoms. The maximum Gasteiger partial charge on any atom is 0.226 e. The SMILES string of the molecule is O=C([C@@H]1C[C@@H]1c1ccco1)N1CCN(c2ccccc2)CC1. The van der Waals surface area contributed by atoms with Gasteiger partial charge in [0.05, 0.1) is 6.26 Å². The Hall–Kier alpha value is -2.23. The van der Waals surface area contributed by atoms with E-state index in [0.717, 1.165) is 38.4 Å². The summed E-state index contributed by atoms with van der Waals surface area (Å²) >= 11 is 0. The monoisotopic (exact) mass is 296 g/mol. The lowest BCUT2D eigenvalue weighted by Crippen LogP contribution is -2.49. The van der Waals surface area contributed by atoms with Crippen LogP contribution in [0.25, 0.3) is 0 Å². The number of carbonyl (C=O) groups excluding carboxylic acids is 1. The summed E-state index contributed by atoms with van der Waals surface area (Å²) in [6, 6.07) is 14.3. The lowest BCUT2D eigenvalue weighted by Gasteiger charge is -2.36. The first-order valence-electron chi connectivity index (χ1n) is 7.95. The largest absolute Gasteiger partial charge is 0.469 e. The molecule has 1 saturated carbocycles. The molecule has 1 saturated heterocycles. The van der Waals surface area contributed by atoms with Crippen LogP contribution in [0.3, 0.4) is 0 Å². The molecule has 1 amide bonds. The van der Waals surface area contributed by atoms with Gasteiger partial charge in [0.2, 0.25) is 5.91 Å². The zero-order valence-corrected chi connectivity index (χ0v) is 12.5. The zero-order valence-electron chi connectivity index (χ0n) is 12.5. The molecule has 114 valence electrons. The second-order valence-electron chi connectivity index (χ2n) is 6.11. The predicted octanol–water partition coefficient (Wildman–Crippen LogP) is 2.73. The molecule has 1 aromatic heterocycles. The van der Waals surface area contributed by atoms with Gasteiger partial charge in [-0.25, -0.2) is 0 Å². The number of piperazine rings is 1. The second-order valence-corrected chi connectivity index (χ2v) is 6.11. The van der Waals surface area contributed by atoms with Crippen molar-refractivity contribution in [1.82, 2.24) is 4.90 Å². The van der Waals surface area contributed by atoms with E-state index in [1.165, 1.54) is 5.69 Å². The van der Waals surface area contributed by atoms with Gasteiger partial charge < -0.3 is 14.2 Å². The van der Waals surface area contributed by atoms with Crippen LogP contribution < -0.4 is 4.90 Å². The Morgan fingerprint density at radius 1 is 1.00 bits per heavy atom. The highest BCUT2D eigenvalue weighted by Gasteiger charge is 2.47. The average molecular weight is 296 g/mol. The number of hydrogen-bond donors (Lipinski definition) is 0. The molecule has 0 bridgehead atoms. The quantitative estimate of drug-likeness (QED) is 0.874. The fraction of sp³-hybridized carbons (Fsp3) is 0.389. The number of rotatable bonds is 3. The van der Waals surface area contributed by atoms with Gasteiger partial charge in [-0.3, -0.25) is 4.79 Å². The average Bonchev–Trinajstić information content (AvgIpc) is 3.20. The molecule has 2 aliphatic rings. The third kappa shape index (κ3) is 2.49. The van der Waals surface area contributed by atoms with Crippen LogP contribution in [0.15, 0.2) is 53.1 Å². The van der Waals surface area contributed by atoms with Crippen LogP contribution in [0.1, 0.15) is 18.1 Å². The Morgan fingerprint density at radius 3 is 2.45 bits per heavy atom. The number of hydrogen-bond acceptors (Lipinski definition) is 3. The molecule has 1 aliphatic heterocycles. The topological polar surface area (TPSA) is 36.7 Å². The normalized spacial score (nSPS) is 24.4. The van der Waals surface area contributed by atoms with Gasteiger partial charge in [-0.15, -0.1) is 0 Å². The van der Waals surface area contributed by atoms with Crippen molar-refractivity contribution in [3.8, 4) is 0 Å². The van der Waals surface area contributed by atoms with Gasteiger partial charge in [-0.1, -0.05) is 18.2 Å². The van der Waals surface area contributed by atoms with E-state index in [4.69, 9.17) is 4.42 Å². The van der Waals surface area contributed by atoms with E-state index in [2.05, 4.69) is 29.2 Å². The van der Waals surface area contributed by atoms with Crippen molar-refractivity contribution in [2.75, 3.05) is 31.1 Å². The van der Waals surface area contributed by atoms with Crippen LogP contribution >= 0.6 is 0 Å². The molecule has 0 radical (unpaired) electrons. The number of amides is 1. The minimum absolute atomic E-state index is 0.134. The number of carbonyl (C=O) groups is 1. The van der Waals surface area contributed by atoms with Gasteiger partial charge in [0.1, 0.15) is 5.76 Å². The predicted molar refractivity (Wildman–Crippen MR) is 84.8 cm³/mol. The molecular weight excluding hydrogens is 276 g/mol. The Balaban J connectivity index is 1.33. The highest BCUT2D eigenvalue weighted by atomic mass is 16.3. The van der Waals surface area contributed by atoms with Crippen molar-refractivity contribution >= 4 is 11.6 Å². The first kappa shape index (κ1) is 13.4. The summed E-state index contributed by atoms with van der Waals surface area (Å²) in [7, 11) is 0. The zero-order chi connectivity index (χ0) is 14.9. The van der Waals surface area contributed by atoms with E-state index < -0.39 is 0 Å². The number of anilines is 1. The van der Waals surface area contributed by atoms with Crippen LogP contribution in [0, 0.1) is 5.92 Å². The molecule has 0 N–H and O–H groups in total. The van der Waals surface area contributed by atoms with E-state index in [0.29, 0.717) is 11.8 Å². The summed E-state index contributed by atoms with van der Waals surface area (Å²) in [5.74, 6) is 1.69. The lowest BCUT2D eigenvalue weighted by molar-refractivity contribution is -0.133. The Labute approximate surface area is 130 Å². The molecule has 2 heterocycles. The first-order valence-corrected chi connectivity index (χ1v) is 7.95. The van der Waals surface area contributed by atoms with Gasteiger partial charge in [-0.05, 0) is 30.7 Å². The number of benzene rings is 1. The van der Waals surface area contributed by atoms with Crippen molar-refractivity contribution in [3.05, 3.63) is 54.5 Å². The number of furan rings is 1. The summed E-state index contributed by atoms with van der Waals surface area (Å²) in [5, 5.41) is 0. The van der Waals surface area contributed by atoms with Crippen LogP contribution in [0.2, 0.25) is 0 Å². The van der Waals surface area contributed by atoms with Crippen LogP contribution in [-0.4, -0.2) is 37.0 Å². The van der Waals surface area contributed by atoms with Crippen molar-refractivity contribution in [1.29, 1.82) is 0 Å². The summed E-state index contributed by atoms with van der Waals surface area (Å²) in [6.45, 7) is 3.45. The van der Waals surface area contributed by atoms with E-state index in [-0.39, 0.29) is 5.92 Å². The Bertz CT molecular complexity index is 630. The minimum atomic E-state index is 0.134. The first-order chi connectivity index (χ1) is 10.8. The van der Waals surface area contributed by atoms with Crippen LogP contribution in [0.4, 0.5) is 5.69 Å².